The molecule has 28 heavy (non-hydrogen) atoms. The van der Waals surface area contributed by atoms with Gasteiger partial charge in [-0.05, 0) is 42.0 Å². The minimum atomic E-state index is -0.456. The van der Waals surface area contributed by atoms with Gasteiger partial charge in [-0.1, -0.05) is 36.0 Å². The Bertz CT molecular complexity index is 1180. The van der Waals surface area contributed by atoms with Crippen LogP contribution in [0.3, 0.4) is 0 Å². The van der Waals surface area contributed by atoms with Crippen molar-refractivity contribution < 1.29 is 9.21 Å². The molecule has 140 valence electrons. The fraction of sp³-hybridized carbons (Fsp3) is 0.0952. The number of furan rings is 1. The fourth-order valence-electron chi connectivity index (χ4n) is 2.87. The SMILES string of the molecule is NC(=O)c1ccc(CSc2nc3ccccc3c(=O)n2Cc2ccco2)cc1. The van der Waals surface area contributed by atoms with Gasteiger partial charge in [-0.2, -0.15) is 0 Å². The van der Waals surface area contributed by atoms with E-state index in [1.165, 1.54) is 11.8 Å². The minimum Gasteiger partial charge on any atom is -0.467 e. The van der Waals surface area contributed by atoms with Crippen LogP contribution in [0.25, 0.3) is 10.9 Å². The molecule has 4 rings (SSSR count). The number of nitrogens with two attached hydrogens (primary N) is 1. The van der Waals surface area contributed by atoms with Crippen molar-refractivity contribution in [1.82, 2.24) is 9.55 Å². The van der Waals surface area contributed by atoms with E-state index >= 15 is 0 Å². The zero-order valence-corrected chi connectivity index (χ0v) is 15.7. The summed E-state index contributed by atoms with van der Waals surface area (Å²) < 4.78 is 7.05. The van der Waals surface area contributed by atoms with Gasteiger partial charge in [0.2, 0.25) is 5.91 Å². The molecule has 0 fully saturated rings. The van der Waals surface area contributed by atoms with Crippen molar-refractivity contribution >= 4 is 28.6 Å². The molecule has 2 N–H and O–H groups in total. The van der Waals surface area contributed by atoms with Crippen molar-refractivity contribution in [2.24, 2.45) is 5.73 Å². The zero-order chi connectivity index (χ0) is 19.5. The summed E-state index contributed by atoms with van der Waals surface area (Å²) in [5, 5.41) is 1.18. The van der Waals surface area contributed by atoms with Gasteiger partial charge in [0.25, 0.3) is 5.56 Å². The number of carbonyl (C=O) groups is 1. The zero-order valence-electron chi connectivity index (χ0n) is 14.9. The van der Waals surface area contributed by atoms with Crippen LogP contribution >= 0.6 is 11.8 Å². The van der Waals surface area contributed by atoms with E-state index in [1.807, 2.05) is 36.4 Å². The van der Waals surface area contributed by atoms with E-state index < -0.39 is 5.91 Å². The highest BCUT2D eigenvalue weighted by Crippen LogP contribution is 2.23. The molecule has 0 aliphatic heterocycles. The molecule has 4 aromatic rings. The molecule has 1 amide bonds. The van der Waals surface area contributed by atoms with Crippen LogP contribution in [-0.2, 0) is 12.3 Å². The number of nitrogens with zero attached hydrogens (tertiary/aromatic N) is 2. The molecule has 0 saturated heterocycles. The number of hydrogen-bond donors (Lipinski definition) is 1. The third-order valence-electron chi connectivity index (χ3n) is 4.33. The lowest BCUT2D eigenvalue weighted by atomic mass is 10.1. The highest BCUT2D eigenvalue weighted by molar-refractivity contribution is 7.98. The summed E-state index contributed by atoms with van der Waals surface area (Å²) in [5.41, 5.74) is 7.31. The molecule has 0 radical (unpaired) electrons. The Labute approximate surface area is 165 Å². The number of primary amides is 1. The lowest BCUT2D eigenvalue weighted by Crippen LogP contribution is -2.23. The first-order chi connectivity index (χ1) is 13.6. The molecule has 0 bridgehead atoms. The summed E-state index contributed by atoms with van der Waals surface area (Å²) in [7, 11) is 0. The standard InChI is InChI=1S/C21H17N3O3S/c22-19(25)15-9-7-14(8-10-15)13-28-21-23-18-6-2-1-5-17(18)20(26)24(21)12-16-4-3-11-27-16/h1-11H,12-13H2,(H2,22,25). The molecule has 6 nitrogen and oxygen atoms in total. The minimum absolute atomic E-state index is 0.103. The van der Waals surface area contributed by atoms with Crippen LogP contribution in [0, 0.1) is 0 Å². The smallest absolute Gasteiger partial charge is 0.262 e. The lowest BCUT2D eigenvalue weighted by Gasteiger charge is -2.12. The topological polar surface area (TPSA) is 91.1 Å². The number of thioether (sulfide) groups is 1. The maximum absolute atomic E-state index is 13.0. The van der Waals surface area contributed by atoms with Crippen molar-refractivity contribution in [3.05, 3.63) is 94.2 Å². The predicted molar refractivity (Wildman–Crippen MR) is 108 cm³/mol. The van der Waals surface area contributed by atoms with Gasteiger partial charge in [0, 0.05) is 11.3 Å². The predicted octanol–water partition coefficient (Wildman–Crippen LogP) is 3.43. The second-order valence-corrected chi connectivity index (χ2v) is 7.17. The highest BCUT2D eigenvalue weighted by atomic mass is 32.2. The number of para-hydroxylation sites is 1. The monoisotopic (exact) mass is 391 g/mol. The normalized spacial score (nSPS) is 11.0. The second kappa shape index (κ2) is 7.74. The Kier molecular flexibility index (Phi) is 4.99. The average Bonchev–Trinajstić information content (AvgIpc) is 3.22. The van der Waals surface area contributed by atoms with Gasteiger partial charge in [-0.25, -0.2) is 4.98 Å². The Hall–Kier alpha value is -3.32. The van der Waals surface area contributed by atoms with Crippen molar-refractivity contribution in [2.75, 3.05) is 0 Å². The highest BCUT2D eigenvalue weighted by Gasteiger charge is 2.13. The van der Waals surface area contributed by atoms with E-state index in [4.69, 9.17) is 10.2 Å². The number of amides is 1. The first-order valence-electron chi connectivity index (χ1n) is 8.65. The average molecular weight is 391 g/mol. The summed E-state index contributed by atoms with van der Waals surface area (Å²) in [6.07, 6.45) is 1.59. The molecule has 0 aliphatic rings. The Morgan fingerprint density at radius 3 is 2.57 bits per heavy atom. The van der Waals surface area contributed by atoms with E-state index in [1.54, 1.807) is 35.1 Å². The molecule has 0 aliphatic carbocycles. The van der Waals surface area contributed by atoms with Gasteiger partial charge in [0.15, 0.2) is 5.16 Å². The summed E-state index contributed by atoms with van der Waals surface area (Å²) in [4.78, 5) is 28.9. The van der Waals surface area contributed by atoms with E-state index in [9.17, 15) is 9.59 Å². The second-order valence-electron chi connectivity index (χ2n) is 6.23. The van der Waals surface area contributed by atoms with Gasteiger partial charge >= 0.3 is 0 Å². The maximum Gasteiger partial charge on any atom is 0.262 e. The van der Waals surface area contributed by atoms with Crippen LogP contribution in [0.15, 0.2) is 81.3 Å². The van der Waals surface area contributed by atoms with Gasteiger partial charge in [0.1, 0.15) is 5.76 Å². The molecule has 0 saturated carbocycles. The molecule has 0 atom stereocenters. The molecule has 0 spiro atoms. The van der Waals surface area contributed by atoms with Crippen molar-refractivity contribution in [3.63, 3.8) is 0 Å². The van der Waals surface area contributed by atoms with E-state index in [-0.39, 0.29) is 5.56 Å². The fourth-order valence-corrected chi connectivity index (χ4v) is 3.82. The summed E-state index contributed by atoms with van der Waals surface area (Å²) in [6.45, 7) is 0.312. The van der Waals surface area contributed by atoms with E-state index in [0.717, 1.165) is 5.56 Å². The first-order valence-corrected chi connectivity index (χ1v) is 9.64. The van der Waals surface area contributed by atoms with Crippen molar-refractivity contribution in [2.45, 2.75) is 17.5 Å². The molecule has 2 aromatic carbocycles. The molecular formula is C21H17N3O3S. The van der Waals surface area contributed by atoms with Gasteiger partial charge in [-0.15, -0.1) is 0 Å². The Morgan fingerprint density at radius 2 is 1.86 bits per heavy atom. The van der Waals surface area contributed by atoms with Crippen LogP contribution in [-0.4, -0.2) is 15.5 Å². The van der Waals surface area contributed by atoms with Crippen LogP contribution in [0.4, 0.5) is 0 Å². The number of benzene rings is 2. The van der Waals surface area contributed by atoms with Gasteiger partial charge in [0.05, 0.1) is 23.7 Å². The summed E-state index contributed by atoms with van der Waals surface area (Å²) in [5.74, 6) is 0.830. The molecule has 2 heterocycles. The number of fused-ring (bicyclic) bond motifs is 1. The molecular weight excluding hydrogens is 374 g/mol. The summed E-state index contributed by atoms with van der Waals surface area (Å²) in [6, 6.07) is 18.0. The quantitative estimate of drug-likeness (QED) is 0.402. The van der Waals surface area contributed by atoms with Crippen LogP contribution in [0.1, 0.15) is 21.7 Å². The largest absolute Gasteiger partial charge is 0.467 e. The van der Waals surface area contributed by atoms with Crippen LogP contribution in [0.5, 0.6) is 0 Å². The number of hydrogen-bond acceptors (Lipinski definition) is 5. The molecule has 7 heteroatoms. The maximum atomic E-state index is 13.0. The van der Waals surface area contributed by atoms with Crippen molar-refractivity contribution in [3.8, 4) is 0 Å². The lowest BCUT2D eigenvalue weighted by molar-refractivity contribution is 0.100. The summed E-state index contributed by atoms with van der Waals surface area (Å²) >= 11 is 1.46. The van der Waals surface area contributed by atoms with E-state index in [2.05, 4.69) is 4.98 Å². The van der Waals surface area contributed by atoms with Gasteiger partial charge in [-0.3, -0.25) is 14.2 Å². The van der Waals surface area contributed by atoms with Crippen LogP contribution < -0.4 is 11.3 Å². The Morgan fingerprint density at radius 1 is 1.07 bits per heavy atom. The third kappa shape index (κ3) is 3.70. The van der Waals surface area contributed by atoms with Crippen molar-refractivity contribution in [1.29, 1.82) is 0 Å². The van der Waals surface area contributed by atoms with Crippen LogP contribution in [0.2, 0.25) is 0 Å². The molecule has 0 unspecified atom stereocenters. The first kappa shape index (κ1) is 18.1. The van der Waals surface area contributed by atoms with Gasteiger partial charge < -0.3 is 10.2 Å². The number of carbonyl (C=O) groups excluding carboxylic acids is 1. The third-order valence-corrected chi connectivity index (χ3v) is 5.37. The number of rotatable bonds is 6. The van der Waals surface area contributed by atoms with E-state index in [0.29, 0.717) is 39.7 Å². The Balaban J connectivity index is 1.68. The molecule has 2 aromatic heterocycles. The number of aromatic nitrogens is 2.